The van der Waals surface area contributed by atoms with Crippen LogP contribution in [-0.4, -0.2) is 21.8 Å². The summed E-state index contributed by atoms with van der Waals surface area (Å²) in [5.74, 6) is 0.163. The second-order valence-corrected chi connectivity index (χ2v) is 5.08. The Morgan fingerprint density at radius 2 is 1.89 bits per heavy atom. The zero-order valence-corrected chi connectivity index (χ0v) is 11.4. The van der Waals surface area contributed by atoms with Gasteiger partial charge in [0.2, 0.25) is 0 Å². The van der Waals surface area contributed by atoms with Crippen molar-refractivity contribution in [3.05, 3.63) is 40.2 Å². The van der Waals surface area contributed by atoms with E-state index in [-0.39, 0.29) is 5.91 Å². The molecular weight excluding hydrogens is 224 g/mol. The van der Waals surface area contributed by atoms with Gasteiger partial charge in [-0.05, 0) is 44.9 Å². The molecule has 0 aliphatic carbocycles. The van der Waals surface area contributed by atoms with Gasteiger partial charge in [-0.15, -0.1) is 0 Å². The van der Waals surface area contributed by atoms with Gasteiger partial charge in [-0.2, -0.15) is 0 Å². The zero-order valence-electron chi connectivity index (χ0n) is 11.4. The monoisotopic (exact) mass is 242 g/mol. The first-order valence-corrected chi connectivity index (χ1v) is 6.45. The number of amides is 1. The summed E-state index contributed by atoms with van der Waals surface area (Å²) in [6, 6.07) is 4.24. The molecule has 3 rings (SSSR count). The SMILES string of the molecule is CCN1Cc2ccc3c(C)c(C)c(C)n3c2C1=O. The molecule has 3 nitrogen and oxygen atoms in total. The Bertz CT molecular complexity index is 667. The molecule has 3 heteroatoms. The van der Waals surface area contributed by atoms with Crippen LogP contribution in [-0.2, 0) is 6.54 Å². The molecular formula is C15H18N2O. The maximum Gasteiger partial charge on any atom is 0.271 e. The second-order valence-electron chi connectivity index (χ2n) is 5.08. The summed E-state index contributed by atoms with van der Waals surface area (Å²) in [6.45, 7) is 9.89. The van der Waals surface area contributed by atoms with Crippen molar-refractivity contribution in [2.24, 2.45) is 0 Å². The van der Waals surface area contributed by atoms with E-state index in [0.717, 1.165) is 29.9 Å². The lowest BCUT2D eigenvalue weighted by Crippen LogP contribution is -2.24. The van der Waals surface area contributed by atoms with E-state index in [2.05, 4.69) is 37.3 Å². The van der Waals surface area contributed by atoms with Crippen LogP contribution in [0.25, 0.3) is 5.52 Å². The van der Waals surface area contributed by atoms with Crippen LogP contribution in [0, 0.1) is 20.8 Å². The molecule has 18 heavy (non-hydrogen) atoms. The van der Waals surface area contributed by atoms with Crippen molar-refractivity contribution in [2.45, 2.75) is 34.2 Å². The fourth-order valence-corrected chi connectivity index (χ4v) is 2.91. The zero-order chi connectivity index (χ0) is 13.0. The Kier molecular flexibility index (Phi) is 2.27. The number of hydrogen-bond donors (Lipinski definition) is 0. The lowest BCUT2D eigenvalue weighted by molar-refractivity contribution is 0.0781. The smallest absolute Gasteiger partial charge is 0.271 e. The Balaban J connectivity index is 2.39. The van der Waals surface area contributed by atoms with Crippen molar-refractivity contribution in [2.75, 3.05) is 6.54 Å². The average Bonchev–Trinajstić information content (AvgIpc) is 2.81. The summed E-state index contributed by atoms with van der Waals surface area (Å²) in [6.07, 6.45) is 0. The highest BCUT2D eigenvalue weighted by molar-refractivity contribution is 5.98. The van der Waals surface area contributed by atoms with Gasteiger partial charge in [0.15, 0.2) is 0 Å². The maximum absolute atomic E-state index is 12.4. The number of fused-ring (bicyclic) bond motifs is 3. The second kappa shape index (κ2) is 3.61. The number of pyridine rings is 1. The first kappa shape index (κ1) is 11.3. The molecule has 2 aromatic rings. The van der Waals surface area contributed by atoms with Gasteiger partial charge in [0.1, 0.15) is 5.69 Å². The van der Waals surface area contributed by atoms with Gasteiger partial charge in [-0.25, -0.2) is 0 Å². The molecule has 0 radical (unpaired) electrons. The minimum atomic E-state index is 0.163. The average molecular weight is 242 g/mol. The molecule has 0 bridgehead atoms. The number of aryl methyl sites for hydroxylation is 2. The van der Waals surface area contributed by atoms with E-state index in [1.165, 1.54) is 16.8 Å². The third kappa shape index (κ3) is 1.22. The molecule has 1 aliphatic rings. The summed E-state index contributed by atoms with van der Waals surface area (Å²) in [5.41, 5.74) is 6.92. The third-order valence-corrected chi connectivity index (χ3v) is 4.27. The van der Waals surface area contributed by atoms with Crippen LogP contribution in [0.4, 0.5) is 0 Å². The number of nitrogens with zero attached hydrogens (tertiary/aromatic N) is 2. The standard InChI is InChI=1S/C15H18N2O/c1-5-16-8-12-6-7-13-10(3)9(2)11(4)17(13)14(12)15(16)18/h6-7H,5,8H2,1-4H3. The van der Waals surface area contributed by atoms with Crippen LogP contribution in [0.1, 0.15) is 39.8 Å². The van der Waals surface area contributed by atoms with Gasteiger partial charge < -0.3 is 9.30 Å². The van der Waals surface area contributed by atoms with Gasteiger partial charge in [0.25, 0.3) is 5.91 Å². The molecule has 1 amide bonds. The van der Waals surface area contributed by atoms with Gasteiger partial charge in [0, 0.05) is 29.9 Å². The molecule has 0 unspecified atom stereocenters. The van der Waals surface area contributed by atoms with Crippen molar-refractivity contribution in [3.63, 3.8) is 0 Å². The fourth-order valence-electron chi connectivity index (χ4n) is 2.91. The number of carbonyl (C=O) groups is 1. The molecule has 0 atom stereocenters. The van der Waals surface area contributed by atoms with E-state index < -0.39 is 0 Å². The predicted octanol–water partition coefficient (Wildman–Crippen LogP) is 2.84. The summed E-state index contributed by atoms with van der Waals surface area (Å²) in [5, 5.41) is 0. The largest absolute Gasteiger partial charge is 0.333 e. The topological polar surface area (TPSA) is 24.7 Å². The minimum absolute atomic E-state index is 0.163. The van der Waals surface area contributed by atoms with Crippen molar-refractivity contribution in [1.82, 2.24) is 9.30 Å². The van der Waals surface area contributed by atoms with Gasteiger partial charge in [0.05, 0.1) is 0 Å². The Labute approximate surface area is 107 Å². The summed E-state index contributed by atoms with van der Waals surface area (Å²) in [7, 11) is 0. The van der Waals surface area contributed by atoms with Crippen LogP contribution in [0.3, 0.4) is 0 Å². The van der Waals surface area contributed by atoms with Crippen molar-refractivity contribution < 1.29 is 4.79 Å². The molecule has 0 aromatic carbocycles. The molecule has 0 spiro atoms. The number of rotatable bonds is 1. The lowest BCUT2D eigenvalue weighted by atomic mass is 10.1. The fraction of sp³-hybridized carbons (Fsp3) is 0.400. The first-order chi connectivity index (χ1) is 8.56. The van der Waals surface area contributed by atoms with E-state index in [1.807, 2.05) is 11.8 Å². The predicted molar refractivity (Wildman–Crippen MR) is 72.0 cm³/mol. The van der Waals surface area contributed by atoms with Crippen LogP contribution in [0.2, 0.25) is 0 Å². The van der Waals surface area contributed by atoms with Crippen LogP contribution < -0.4 is 0 Å². The highest BCUT2D eigenvalue weighted by atomic mass is 16.2. The molecule has 0 saturated heterocycles. The summed E-state index contributed by atoms with van der Waals surface area (Å²) in [4.78, 5) is 14.3. The number of hydrogen-bond acceptors (Lipinski definition) is 1. The van der Waals surface area contributed by atoms with E-state index in [9.17, 15) is 4.79 Å². The van der Waals surface area contributed by atoms with E-state index in [1.54, 1.807) is 0 Å². The van der Waals surface area contributed by atoms with Crippen LogP contribution >= 0.6 is 0 Å². The lowest BCUT2D eigenvalue weighted by Gasteiger charge is -2.11. The third-order valence-electron chi connectivity index (χ3n) is 4.27. The Hall–Kier alpha value is -1.77. The van der Waals surface area contributed by atoms with Gasteiger partial charge >= 0.3 is 0 Å². The Morgan fingerprint density at radius 1 is 1.17 bits per heavy atom. The van der Waals surface area contributed by atoms with Crippen LogP contribution in [0.15, 0.2) is 12.1 Å². The minimum Gasteiger partial charge on any atom is -0.333 e. The molecule has 94 valence electrons. The molecule has 3 heterocycles. The molecule has 2 aromatic heterocycles. The summed E-state index contributed by atoms with van der Waals surface area (Å²) >= 11 is 0. The van der Waals surface area contributed by atoms with E-state index in [0.29, 0.717) is 0 Å². The summed E-state index contributed by atoms with van der Waals surface area (Å²) < 4.78 is 2.14. The normalized spacial score (nSPS) is 14.7. The van der Waals surface area contributed by atoms with Crippen molar-refractivity contribution >= 4 is 11.4 Å². The number of aromatic nitrogens is 1. The van der Waals surface area contributed by atoms with Gasteiger partial charge in [-0.1, -0.05) is 6.07 Å². The first-order valence-electron chi connectivity index (χ1n) is 6.45. The quantitative estimate of drug-likeness (QED) is 0.754. The van der Waals surface area contributed by atoms with E-state index >= 15 is 0 Å². The van der Waals surface area contributed by atoms with Crippen LogP contribution in [0.5, 0.6) is 0 Å². The van der Waals surface area contributed by atoms with Gasteiger partial charge in [-0.3, -0.25) is 4.79 Å². The highest BCUT2D eigenvalue weighted by Gasteiger charge is 2.29. The highest BCUT2D eigenvalue weighted by Crippen LogP contribution is 2.29. The Morgan fingerprint density at radius 3 is 2.56 bits per heavy atom. The molecule has 0 fully saturated rings. The van der Waals surface area contributed by atoms with Crippen molar-refractivity contribution in [1.29, 1.82) is 0 Å². The molecule has 1 aliphatic heterocycles. The molecule has 0 N–H and O–H groups in total. The van der Waals surface area contributed by atoms with E-state index in [4.69, 9.17) is 0 Å². The van der Waals surface area contributed by atoms with Crippen molar-refractivity contribution in [3.8, 4) is 0 Å². The molecule has 0 saturated carbocycles. The number of carbonyl (C=O) groups excluding carboxylic acids is 1. The maximum atomic E-state index is 12.4.